The molecule has 0 spiro atoms. The molecule has 0 atom stereocenters. The van der Waals surface area contributed by atoms with Crippen LogP contribution in [0, 0.1) is 0 Å². The Balaban J connectivity index is 2.00. The SMILES string of the molecule is CCC(=O)N1CCN(c2cc(OC)nn2C)CC1. The van der Waals surface area contributed by atoms with Crippen LogP contribution in [0.3, 0.4) is 0 Å². The largest absolute Gasteiger partial charge is 0.480 e. The number of piperazine rings is 1. The van der Waals surface area contributed by atoms with Gasteiger partial charge in [-0.1, -0.05) is 6.92 Å². The summed E-state index contributed by atoms with van der Waals surface area (Å²) in [6.07, 6.45) is 0.583. The number of carbonyl (C=O) groups is 1. The highest BCUT2D eigenvalue weighted by Crippen LogP contribution is 2.21. The first-order valence-electron chi connectivity index (χ1n) is 6.26. The van der Waals surface area contributed by atoms with Crippen molar-refractivity contribution in [2.24, 2.45) is 7.05 Å². The highest BCUT2D eigenvalue weighted by molar-refractivity contribution is 5.76. The van der Waals surface area contributed by atoms with Gasteiger partial charge in [-0.15, -0.1) is 5.10 Å². The van der Waals surface area contributed by atoms with Crippen LogP contribution in [0.4, 0.5) is 5.82 Å². The Labute approximate surface area is 107 Å². The number of hydrogen-bond donors (Lipinski definition) is 0. The molecule has 18 heavy (non-hydrogen) atoms. The fourth-order valence-electron chi connectivity index (χ4n) is 2.24. The molecule has 1 aromatic rings. The van der Waals surface area contributed by atoms with Gasteiger partial charge < -0.3 is 14.5 Å². The van der Waals surface area contributed by atoms with Gasteiger partial charge in [0.25, 0.3) is 0 Å². The molecule has 1 saturated heterocycles. The predicted molar refractivity (Wildman–Crippen MR) is 68.8 cm³/mol. The van der Waals surface area contributed by atoms with Gasteiger partial charge in [0.15, 0.2) is 0 Å². The number of rotatable bonds is 3. The van der Waals surface area contributed by atoms with Crippen LogP contribution in [0.25, 0.3) is 0 Å². The van der Waals surface area contributed by atoms with Gasteiger partial charge in [-0.2, -0.15) is 0 Å². The van der Waals surface area contributed by atoms with Crippen LogP contribution in [0.5, 0.6) is 5.88 Å². The van der Waals surface area contributed by atoms with E-state index in [-0.39, 0.29) is 5.91 Å². The second kappa shape index (κ2) is 5.29. The lowest BCUT2D eigenvalue weighted by molar-refractivity contribution is -0.131. The number of aromatic nitrogens is 2. The van der Waals surface area contributed by atoms with Gasteiger partial charge in [0.1, 0.15) is 5.82 Å². The van der Waals surface area contributed by atoms with E-state index >= 15 is 0 Å². The lowest BCUT2D eigenvalue weighted by Gasteiger charge is -2.35. The Hall–Kier alpha value is -1.72. The molecule has 100 valence electrons. The fraction of sp³-hybridized carbons (Fsp3) is 0.667. The fourth-order valence-corrected chi connectivity index (χ4v) is 2.24. The normalized spacial score (nSPS) is 15.9. The number of carbonyl (C=O) groups excluding carboxylic acids is 1. The van der Waals surface area contributed by atoms with Crippen molar-refractivity contribution >= 4 is 11.7 Å². The van der Waals surface area contributed by atoms with Crippen LogP contribution in [0.2, 0.25) is 0 Å². The first kappa shape index (κ1) is 12.7. The van der Waals surface area contributed by atoms with E-state index in [4.69, 9.17) is 4.74 Å². The van der Waals surface area contributed by atoms with Crippen LogP contribution in [0.15, 0.2) is 6.07 Å². The maximum Gasteiger partial charge on any atom is 0.234 e. The third kappa shape index (κ3) is 2.42. The molecule has 6 nitrogen and oxygen atoms in total. The van der Waals surface area contributed by atoms with Crippen LogP contribution < -0.4 is 9.64 Å². The molecular formula is C12H20N4O2. The number of anilines is 1. The zero-order valence-corrected chi connectivity index (χ0v) is 11.2. The summed E-state index contributed by atoms with van der Waals surface area (Å²) < 4.78 is 6.94. The third-order valence-corrected chi connectivity index (χ3v) is 3.30. The van der Waals surface area contributed by atoms with E-state index in [9.17, 15) is 4.79 Å². The maximum absolute atomic E-state index is 11.6. The lowest BCUT2D eigenvalue weighted by atomic mass is 10.3. The summed E-state index contributed by atoms with van der Waals surface area (Å²) in [4.78, 5) is 15.7. The molecule has 1 aliphatic rings. The average molecular weight is 252 g/mol. The van der Waals surface area contributed by atoms with E-state index in [0.717, 1.165) is 32.0 Å². The van der Waals surface area contributed by atoms with Crippen molar-refractivity contribution in [1.29, 1.82) is 0 Å². The zero-order valence-electron chi connectivity index (χ0n) is 11.2. The van der Waals surface area contributed by atoms with Gasteiger partial charge in [-0.05, 0) is 0 Å². The molecule has 1 aromatic heterocycles. The smallest absolute Gasteiger partial charge is 0.234 e. The van der Waals surface area contributed by atoms with Crippen LogP contribution in [-0.2, 0) is 11.8 Å². The van der Waals surface area contributed by atoms with E-state index in [1.54, 1.807) is 7.11 Å². The number of methoxy groups -OCH3 is 1. The number of ether oxygens (including phenoxy) is 1. The standard InChI is InChI=1S/C12H20N4O2/c1-4-12(17)16-7-5-15(6-8-16)11-9-10(18-3)13-14(11)2/h9H,4-8H2,1-3H3. The first-order valence-corrected chi connectivity index (χ1v) is 6.26. The Bertz CT molecular complexity index is 422. The number of nitrogens with zero attached hydrogens (tertiary/aromatic N) is 4. The third-order valence-electron chi connectivity index (χ3n) is 3.30. The van der Waals surface area contributed by atoms with Gasteiger partial charge in [-0.3, -0.25) is 4.79 Å². The molecule has 0 radical (unpaired) electrons. The van der Waals surface area contributed by atoms with Gasteiger partial charge in [0.2, 0.25) is 11.8 Å². The molecule has 0 aromatic carbocycles. The highest BCUT2D eigenvalue weighted by Gasteiger charge is 2.22. The number of amides is 1. The Kier molecular flexibility index (Phi) is 3.74. The molecule has 0 saturated carbocycles. The van der Waals surface area contributed by atoms with Crippen molar-refractivity contribution in [3.05, 3.63) is 6.07 Å². The molecule has 0 unspecified atom stereocenters. The summed E-state index contributed by atoms with van der Waals surface area (Å²) in [5.41, 5.74) is 0. The molecule has 0 aliphatic carbocycles. The van der Waals surface area contributed by atoms with Gasteiger partial charge in [-0.25, -0.2) is 4.68 Å². The van der Waals surface area contributed by atoms with Crippen molar-refractivity contribution in [2.45, 2.75) is 13.3 Å². The van der Waals surface area contributed by atoms with Crippen molar-refractivity contribution in [2.75, 3.05) is 38.2 Å². The van der Waals surface area contributed by atoms with Crippen molar-refractivity contribution in [1.82, 2.24) is 14.7 Å². The second-order valence-corrected chi connectivity index (χ2v) is 4.39. The number of aryl methyl sites for hydroxylation is 1. The summed E-state index contributed by atoms with van der Waals surface area (Å²) in [5.74, 6) is 1.90. The average Bonchev–Trinajstić information content (AvgIpc) is 2.79. The van der Waals surface area contributed by atoms with Crippen LogP contribution in [0.1, 0.15) is 13.3 Å². The summed E-state index contributed by atoms with van der Waals surface area (Å²) in [6, 6.07) is 1.93. The molecule has 2 rings (SSSR count). The van der Waals surface area contributed by atoms with Crippen LogP contribution >= 0.6 is 0 Å². The van der Waals surface area contributed by atoms with E-state index in [1.807, 2.05) is 29.6 Å². The Morgan fingerprint density at radius 3 is 2.56 bits per heavy atom. The predicted octanol–water partition coefficient (Wildman–Crippen LogP) is 0.487. The monoisotopic (exact) mass is 252 g/mol. The van der Waals surface area contributed by atoms with Crippen molar-refractivity contribution in [3.8, 4) is 5.88 Å². The minimum Gasteiger partial charge on any atom is -0.480 e. The van der Waals surface area contributed by atoms with Gasteiger partial charge >= 0.3 is 0 Å². The van der Waals surface area contributed by atoms with E-state index in [0.29, 0.717) is 12.3 Å². The maximum atomic E-state index is 11.6. The molecule has 1 fully saturated rings. The van der Waals surface area contributed by atoms with E-state index in [2.05, 4.69) is 10.00 Å². The van der Waals surface area contributed by atoms with E-state index < -0.39 is 0 Å². The summed E-state index contributed by atoms with van der Waals surface area (Å²) in [5, 5.41) is 4.25. The van der Waals surface area contributed by atoms with Gasteiger partial charge in [0, 0.05) is 45.7 Å². The summed E-state index contributed by atoms with van der Waals surface area (Å²) in [6.45, 7) is 5.14. The highest BCUT2D eigenvalue weighted by atomic mass is 16.5. The molecule has 2 heterocycles. The minimum atomic E-state index is 0.234. The van der Waals surface area contributed by atoms with Crippen molar-refractivity contribution in [3.63, 3.8) is 0 Å². The lowest BCUT2D eigenvalue weighted by Crippen LogP contribution is -2.49. The topological polar surface area (TPSA) is 50.6 Å². The molecular weight excluding hydrogens is 232 g/mol. The zero-order chi connectivity index (χ0) is 13.1. The summed E-state index contributed by atoms with van der Waals surface area (Å²) in [7, 11) is 3.52. The molecule has 0 N–H and O–H groups in total. The van der Waals surface area contributed by atoms with Crippen molar-refractivity contribution < 1.29 is 9.53 Å². The molecule has 0 bridgehead atoms. The number of hydrogen-bond acceptors (Lipinski definition) is 4. The van der Waals surface area contributed by atoms with E-state index in [1.165, 1.54) is 0 Å². The first-order chi connectivity index (χ1) is 8.65. The minimum absolute atomic E-state index is 0.234. The quantitative estimate of drug-likeness (QED) is 0.785. The Morgan fingerprint density at radius 1 is 1.39 bits per heavy atom. The molecule has 6 heteroatoms. The van der Waals surface area contributed by atoms with Crippen LogP contribution in [-0.4, -0.2) is 53.9 Å². The Morgan fingerprint density at radius 2 is 2.06 bits per heavy atom. The van der Waals surface area contributed by atoms with Gasteiger partial charge in [0.05, 0.1) is 7.11 Å². The second-order valence-electron chi connectivity index (χ2n) is 4.39. The summed E-state index contributed by atoms with van der Waals surface area (Å²) >= 11 is 0. The molecule has 1 aliphatic heterocycles. The molecule has 1 amide bonds.